The minimum absolute atomic E-state index is 0.389. The first kappa shape index (κ1) is 10.7. The Hall–Kier alpha value is -0.820. The van der Waals surface area contributed by atoms with Gasteiger partial charge in [0.15, 0.2) is 0 Å². The van der Waals surface area contributed by atoms with E-state index in [-0.39, 0.29) is 0 Å². The molecule has 0 aliphatic carbocycles. The third kappa shape index (κ3) is 1.93. The number of aryl methyl sites for hydroxylation is 2. The van der Waals surface area contributed by atoms with Gasteiger partial charge in [-0.3, -0.25) is 0 Å². The summed E-state index contributed by atoms with van der Waals surface area (Å²) in [5, 5.41) is 3.50. The van der Waals surface area contributed by atoms with Crippen LogP contribution in [0.3, 0.4) is 0 Å². The van der Waals surface area contributed by atoms with Gasteiger partial charge in [-0.2, -0.15) is 0 Å². The van der Waals surface area contributed by atoms with Crippen LogP contribution >= 0.6 is 0 Å². The van der Waals surface area contributed by atoms with Crippen LogP contribution < -0.4 is 5.32 Å². The summed E-state index contributed by atoms with van der Waals surface area (Å²) < 4.78 is 0. The van der Waals surface area contributed by atoms with Crippen LogP contribution in [-0.4, -0.2) is 13.1 Å². The van der Waals surface area contributed by atoms with Gasteiger partial charge in [0.05, 0.1) is 0 Å². The second kappa shape index (κ2) is 3.64. The Morgan fingerprint density at radius 3 is 2.53 bits per heavy atom. The van der Waals surface area contributed by atoms with Gasteiger partial charge < -0.3 is 5.32 Å². The summed E-state index contributed by atoms with van der Waals surface area (Å²) in [4.78, 5) is 0. The minimum atomic E-state index is 0.389. The van der Waals surface area contributed by atoms with Crippen LogP contribution in [0.4, 0.5) is 0 Å². The van der Waals surface area contributed by atoms with Crippen LogP contribution in [0.5, 0.6) is 0 Å². The number of rotatable bonds is 1. The molecule has 15 heavy (non-hydrogen) atoms. The SMILES string of the molecule is Cc1ccc(C2CNCC2(C)C)c(C)c1. The van der Waals surface area contributed by atoms with Gasteiger partial charge in [-0.15, -0.1) is 0 Å². The molecule has 0 radical (unpaired) electrons. The van der Waals surface area contributed by atoms with Gasteiger partial charge in [0.1, 0.15) is 0 Å². The van der Waals surface area contributed by atoms with E-state index in [2.05, 4.69) is 51.2 Å². The molecule has 0 aromatic heterocycles. The molecule has 1 heteroatoms. The molecule has 1 aromatic rings. The molecule has 1 unspecified atom stereocenters. The fourth-order valence-electron chi connectivity index (χ4n) is 2.69. The van der Waals surface area contributed by atoms with E-state index >= 15 is 0 Å². The topological polar surface area (TPSA) is 12.0 Å². The lowest BCUT2D eigenvalue weighted by Gasteiger charge is -2.27. The number of hydrogen-bond donors (Lipinski definition) is 1. The van der Waals surface area contributed by atoms with Crippen molar-refractivity contribution < 1.29 is 0 Å². The molecule has 1 N–H and O–H groups in total. The quantitative estimate of drug-likeness (QED) is 0.740. The average Bonchev–Trinajstić information content (AvgIpc) is 2.46. The molecule has 1 fully saturated rings. The minimum Gasteiger partial charge on any atom is -0.316 e. The second-order valence-electron chi connectivity index (χ2n) is 5.53. The number of nitrogens with one attached hydrogen (secondary N) is 1. The normalized spacial score (nSPS) is 24.4. The molecule has 1 heterocycles. The van der Waals surface area contributed by atoms with Crippen LogP contribution in [0.25, 0.3) is 0 Å². The van der Waals surface area contributed by atoms with Crippen molar-refractivity contribution in [2.75, 3.05) is 13.1 Å². The van der Waals surface area contributed by atoms with Crippen LogP contribution in [0.15, 0.2) is 18.2 Å². The fourth-order valence-corrected chi connectivity index (χ4v) is 2.69. The van der Waals surface area contributed by atoms with E-state index in [1.807, 2.05) is 0 Å². The highest BCUT2D eigenvalue weighted by molar-refractivity contribution is 5.35. The molecular formula is C14H21N. The maximum absolute atomic E-state index is 3.50. The van der Waals surface area contributed by atoms with E-state index in [0.29, 0.717) is 11.3 Å². The van der Waals surface area contributed by atoms with Gasteiger partial charge in [0.2, 0.25) is 0 Å². The molecule has 0 bridgehead atoms. The lowest BCUT2D eigenvalue weighted by Crippen LogP contribution is -2.21. The molecule has 0 amide bonds. The Balaban J connectivity index is 2.37. The molecule has 0 saturated carbocycles. The van der Waals surface area contributed by atoms with Crippen molar-refractivity contribution in [2.45, 2.75) is 33.6 Å². The van der Waals surface area contributed by atoms with Crippen LogP contribution in [-0.2, 0) is 0 Å². The van der Waals surface area contributed by atoms with E-state index in [1.54, 1.807) is 0 Å². The standard InChI is InChI=1S/C14H21N/c1-10-5-6-12(11(2)7-10)13-8-15-9-14(13,3)4/h5-7,13,15H,8-9H2,1-4H3. The summed E-state index contributed by atoms with van der Waals surface area (Å²) in [5.74, 6) is 0.665. The first-order chi connectivity index (χ1) is 7.00. The lowest BCUT2D eigenvalue weighted by molar-refractivity contribution is 0.362. The van der Waals surface area contributed by atoms with Gasteiger partial charge in [-0.05, 0) is 30.4 Å². The smallest absolute Gasteiger partial charge is 0.00294 e. The maximum Gasteiger partial charge on any atom is 0.00294 e. The zero-order chi connectivity index (χ0) is 11.1. The first-order valence-corrected chi connectivity index (χ1v) is 5.78. The Morgan fingerprint density at radius 1 is 1.27 bits per heavy atom. The monoisotopic (exact) mass is 203 g/mol. The second-order valence-corrected chi connectivity index (χ2v) is 5.53. The van der Waals surface area contributed by atoms with Crippen molar-refractivity contribution >= 4 is 0 Å². The number of hydrogen-bond acceptors (Lipinski definition) is 1. The average molecular weight is 203 g/mol. The molecule has 82 valence electrons. The molecular weight excluding hydrogens is 182 g/mol. The fraction of sp³-hybridized carbons (Fsp3) is 0.571. The number of benzene rings is 1. The Kier molecular flexibility index (Phi) is 2.59. The molecule has 0 spiro atoms. The van der Waals surface area contributed by atoms with Crippen molar-refractivity contribution in [3.8, 4) is 0 Å². The Labute approximate surface area is 92.9 Å². The highest BCUT2D eigenvalue weighted by atomic mass is 14.9. The van der Waals surface area contributed by atoms with E-state index in [9.17, 15) is 0 Å². The molecule has 1 aromatic carbocycles. The van der Waals surface area contributed by atoms with Crippen LogP contribution in [0, 0.1) is 19.3 Å². The highest BCUT2D eigenvalue weighted by Crippen LogP contribution is 2.39. The van der Waals surface area contributed by atoms with Crippen molar-refractivity contribution in [3.05, 3.63) is 34.9 Å². The van der Waals surface area contributed by atoms with Gasteiger partial charge >= 0.3 is 0 Å². The van der Waals surface area contributed by atoms with E-state index < -0.39 is 0 Å². The zero-order valence-electron chi connectivity index (χ0n) is 10.2. The van der Waals surface area contributed by atoms with Crippen molar-refractivity contribution in [1.82, 2.24) is 5.32 Å². The summed E-state index contributed by atoms with van der Waals surface area (Å²) in [6, 6.07) is 6.84. The molecule has 1 aliphatic rings. The summed E-state index contributed by atoms with van der Waals surface area (Å²) in [6.45, 7) is 11.4. The molecule has 1 saturated heterocycles. The molecule has 1 aliphatic heterocycles. The van der Waals surface area contributed by atoms with Crippen LogP contribution in [0.1, 0.15) is 36.5 Å². The zero-order valence-corrected chi connectivity index (χ0v) is 10.2. The Bertz CT molecular complexity index is 366. The summed E-state index contributed by atoms with van der Waals surface area (Å²) in [7, 11) is 0. The van der Waals surface area contributed by atoms with E-state index in [4.69, 9.17) is 0 Å². The third-order valence-corrected chi connectivity index (χ3v) is 3.67. The maximum atomic E-state index is 3.50. The van der Waals surface area contributed by atoms with Crippen molar-refractivity contribution in [1.29, 1.82) is 0 Å². The summed E-state index contributed by atoms with van der Waals surface area (Å²) in [5.41, 5.74) is 4.72. The van der Waals surface area contributed by atoms with Gasteiger partial charge in [0, 0.05) is 19.0 Å². The van der Waals surface area contributed by atoms with Gasteiger partial charge in [-0.25, -0.2) is 0 Å². The first-order valence-electron chi connectivity index (χ1n) is 5.78. The lowest BCUT2D eigenvalue weighted by atomic mass is 9.76. The van der Waals surface area contributed by atoms with Crippen molar-refractivity contribution in [2.24, 2.45) is 5.41 Å². The van der Waals surface area contributed by atoms with Crippen LogP contribution in [0.2, 0.25) is 0 Å². The van der Waals surface area contributed by atoms with Gasteiger partial charge in [-0.1, -0.05) is 37.6 Å². The van der Waals surface area contributed by atoms with E-state index in [0.717, 1.165) is 13.1 Å². The largest absolute Gasteiger partial charge is 0.316 e. The molecule has 1 atom stereocenters. The van der Waals surface area contributed by atoms with Gasteiger partial charge in [0.25, 0.3) is 0 Å². The molecule has 2 rings (SSSR count). The predicted octanol–water partition coefficient (Wildman–Crippen LogP) is 3.02. The van der Waals surface area contributed by atoms with Crippen molar-refractivity contribution in [3.63, 3.8) is 0 Å². The summed E-state index contributed by atoms with van der Waals surface area (Å²) in [6.07, 6.45) is 0. The Morgan fingerprint density at radius 2 is 2.00 bits per heavy atom. The highest BCUT2D eigenvalue weighted by Gasteiger charge is 2.35. The van der Waals surface area contributed by atoms with E-state index in [1.165, 1.54) is 16.7 Å². The molecule has 1 nitrogen and oxygen atoms in total. The summed E-state index contributed by atoms with van der Waals surface area (Å²) >= 11 is 0. The predicted molar refractivity (Wildman–Crippen MR) is 65.3 cm³/mol. The third-order valence-electron chi connectivity index (χ3n) is 3.67.